The molecular formula is C14H24N2O4S. The highest BCUT2D eigenvalue weighted by Crippen LogP contribution is 2.20. The third kappa shape index (κ3) is 6.01. The van der Waals surface area contributed by atoms with E-state index in [4.69, 9.17) is 9.47 Å². The van der Waals surface area contributed by atoms with E-state index in [1.807, 2.05) is 43.3 Å². The fraction of sp³-hybridized carbons (Fsp3) is 0.571. The van der Waals surface area contributed by atoms with E-state index in [0.29, 0.717) is 6.54 Å². The molecule has 0 saturated carbocycles. The van der Waals surface area contributed by atoms with Crippen LogP contribution in [0.15, 0.2) is 24.3 Å². The Labute approximate surface area is 127 Å². The summed E-state index contributed by atoms with van der Waals surface area (Å²) in [5, 5.41) is 0. The van der Waals surface area contributed by atoms with Crippen molar-refractivity contribution in [2.24, 2.45) is 0 Å². The van der Waals surface area contributed by atoms with E-state index in [0.717, 1.165) is 11.3 Å². The van der Waals surface area contributed by atoms with Gasteiger partial charge in [-0.25, -0.2) is 13.1 Å². The molecular weight excluding hydrogens is 292 g/mol. The molecule has 1 rings (SSSR count). The van der Waals surface area contributed by atoms with Gasteiger partial charge in [-0.2, -0.15) is 0 Å². The molecule has 1 aromatic rings. The first kappa shape index (κ1) is 17.9. The van der Waals surface area contributed by atoms with Crippen LogP contribution in [0.25, 0.3) is 0 Å². The second-order valence-electron chi connectivity index (χ2n) is 4.91. The van der Waals surface area contributed by atoms with E-state index in [1.165, 1.54) is 7.11 Å². The SMILES string of the molecule is COCCS(=O)(=O)NCC(c1ccc(OC)cc1)N(C)C. The van der Waals surface area contributed by atoms with E-state index in [2.05, 4.69) is 4.72 Å². The third-order valence-corrected chi connectivity index (χ3v) is 4.49. The molecule has 7 heteroatoms. The predicted molar refractivity (Wildman–Crippen MR) is 83.1 cm³/mol. The first-order valence-electron chi connectivity index (χ1n) is 6.66. The van der Waals surface area contributed by atoms with E-state index in [-0.39, 0.29) is 18.4 Å². The van der Waals surface area contributed by atoms with Crippen molar-refractivity contribution in [3.8, 4) is 5.75 Å². The van der Waals surface area contributed by atoms with Crippen molar-refractivity contribution < 1.29 is 17.9 Å². The summed E-state index contributed by atoms with van der Waals surface area (Å²) in [6.45, 7) is 0.496. The second-order valence-corrected chi connectivity index (χ2v) is 6.84. The Kier molecular flexibility index (Phi) is 7.10. The van der Waals surface area contributed by atoms with Gasteiger partial charge in [0.05, 0.1) is 19.5 Å². The Bertz CT molecular complexity index is 514. The molecule has 0 aromatic heterocycles. The number of hydrogen-bond acceptors (Lipinski definition) is 5. The van der Waals surface area contributed by atoms with E-state index in [1.54, 1.807) is 7.11 Å². The van der Waals surface area contributed by atoms with Gasteiger partial charge in [-0.1, -0.05) is 12.1 Å². The topological polar surface area (TPSA) is 67.9 Å². The number of nitrogens with zero attached hydrogens (tertiary/aromatic N) is 1. The molecule has 6 nitrogen and oxygen atoms in total. The van der Waals surface area contributed by atoms with Crippen LogP contribution in [0.3, 0.4) is 0 Å². The Morgan fingerprint density at radius 3 is 2.29 bits per heavy atom. The Morgan fingerprint density at radius 2 is 1.81 bits per heavy atom. The molecule has 0 spiro atoms. The molecule has 0 bridgehead atoms. The molecule has 1 aromatic carbocycles. The van der Waals surface area contributed by atoms with Crippen molar-refractivity contribution in [2.75, 3.05) is 47.2 Å². The van der Waals surface area contributed by atoms with Gasteiger partial charge in [0.2, 0.25) is 10.0 Å². The van der Waals surface area contributed by atoms with E-state index >= 15 is 0 Å². The molecule has 0 aliphatic rings. The smallest absolute Gasteiger partial charge is 0.213 e. The summed E-state index contributed by atoms with van der Waals surface area (Å²) >= 11 is 0. The molecule has 0 heterocycles. The maximum Gasteiger partial charge on any atom is 0.213 e. The number of benzene rings is 1. The number of methoxy groups -OCH3 is 2. The lowest BCUT2D eigenvalue weighted by Crippen LogP contribution is -2.36. The minimum Gasteiger partial charge on any atom is -0.497 e. The van der Waals surface area contributed by atoms with Crippen LogP contribution in [0.2, 0.25) is 0 Å². The molecule has 1 unspecified atom stereocenters. The highest BCUT2D eigenvalue weighted by Gasteiger charge is 2.18. The van der Waals surface area contributed by atoms with Gasteiger partial charge < -0.3 is 14.4 Å². The van der Waals surface area contributed by atoms with Gasteiger partial charge in [0.1, 0.15) is 5.75 Å². The fourth-order valence-electron chi connectivity index (χ4n) is 1.90. The van der Waals surface area contributed by atoms with Gasteiger partial charge in [-0.3, -0.25) is 0 Å². The maximum atomic E-state index is 11.8. The van der Waals surface area contributed by atoms with E-state index < -0.39 is 10.0 Å². The zero-order valence-electron chi connectivity index (χ0n) is 13.0. The fourth-order valence-corrected chi connectivity index (χ4v) is 2.84. The lowest BCUT2D eigenvalue weighted by atomic mass is 10.1. The van der Waals surface area contributed by atoms with Crippen LogP contribution in [0.1, 0.15) is 11.6 Å². The van der Waals surface area contributed by atoms with E-state index in [9.17, 15) is 8.42 Å². The molecule has 0 amide bonds. The van der Waals surface area contributed by atoms with Crippen molar-refractivity contribution in [3.63, 3.8) is 0 Å². The molecule has 120 valence electrons. The number of ether oxygens (including phenoxy) is 2. The van der Waals surface area contributed by atoms with Crippen molar-refractivity contribution in [2.45, 2.75) is 6.04 Å². The minimum absolute atomic E-state index is 0.0355. The summed E-state index contributed by atoms with van der Waals surface area (Å²) in [4.78, 5) is 1.97. The molecule has 21 heavy (non-hydrogen) atoms. The average molecular weight is 316 g/mol. The third-order valence-electron chi connectivity index (χ3n) is 3.18. The van der Waals surface area contributed by atoms with Crippen LogP contribution < -0.4 is 9.46 Å². The van der Waals surface area contributed by atoms with Gasteiger partial charge in [0.15, 0.2) is 0 Å². The summed E-state index contributed by atoms with van der Waals surface area (Å²) in [6, 6.07) is 7.56. The first-order chi connectivity index (χ1) is 9.89. The van der Waals surface area contributed by atoms with Crippen LogP contribution in [-0.4, -0.2) is 60.5 Å². The molecule has 0 fully saturated rings. The van der Waals surface area contributed by atoms with Crippen molar-refractivity contribution in [1.29, 1.82) is 0 Å². The Morgan fingerprint density at radius 1 is 1.19 bits per heavy atom. The van der Waals surface area contributed by atoms with Crippen LogP contribution in [0, 0.1) is 0 Å². The van der Waals surface area contributed by atoms with Gasteiger partial charge >= 0.3 is 0 Å². The summed E-state index contributed by atoms with van der Waals surface area (Å²) in [6.07, 6.45) is 0. The van der Waals surface area contributed by atoms with Crippen molar-refractivity contribution >= 4 is 10.0 Å². The lowest BCUT2D eigenvalue weighted by molar-refractivity contribution is 0.216. The molecule has 1 atom stereocenters. The summed E-state index contributed by atoms with van der Waals surface area (Å²) in [5.74, 6) is 0.739. The van der Waals surface area contributed by atoms with Crippen LogP contribution in [0.4, 0.5) is 0 Å². The summed E-state index contributed by atoms with van der Waals surface area (Å²) in [5.41, 5.74) is 1.02. The Balaban J connectivity index is 2.73. The largest absolute Gasteiger partial charge is 0.497 e. The predicted octanol–water partition coefficient (Wildman–Crippen LogP) is 0.864. The van der Waals surface area contributed by atoms with Crippen LogP contribution in [0.5, 0.6) is 5.75 Å². The highest BCUT2D eigenvalue weighted by molar-refractivity contribution is 7.89. The average Bonchev–Trinajstić information content (AvgIpc) is 2.45. The Hall–Kier alpha value is -1.15. The molecule has 0 aliphatic carbocycles. The number of likely N-dealkylation sites (N-methyl/N-ethyl adjacent to an activating group) is 1. The summed E-state index contributed by atoms with van der Waals surface area (Å²) in [7, 11) is 3.61. The number of nitrogens with one attached hydrogen (secondary N) is 1. The quantitative estimate of drug-likeness (QED) is 0.732. The van der Waals surface area contributed by atoms with Gasteiger partial charge in [0.25, 0.3) is 0 Å². The van der Waals surface area contributed by atoms with Crippen molar-refractivity contribution in [1.82, 2.24) is 9.62 Å². The number of rotatable bonds is 9. The summed E-state index contributed by atoms with van der Waals surface area (Å²) < 4.78 is 36.2. The number of hydrogen-bond donors (Lipinski definition) is 1. The monoisotopic (exact) mass is 316 g/mol. The maximum absolute atomic E-state index is 11.8. The highest BCUT2D eigenvalue weighted by atomic mass is 32.2. The lowest BCUT2D eigenvalue weighted by Gasteiger charge is -2.25. The van der Waals surface area contributed by atoms with Crippen LogP contribution >= 0.6 is 0 Å². The van der Waals surface area contributed by atoms with Gasteiger partial charge in [-0.15, -0.1) is 0 Å². The molecule has 0 radical (unpaired) electrons. The van der Waals surface area contributed by atoms with Crippen molar-refractivity contribution in [3.05, 3.63) is 29.8 Å². The molecule has 1 N–H and O–H groups in total. The van der Waals surface area contributed by atoms with Gasteiger partial charge in [0, 0.05) is 19.7 Å². The minimum atomic E-state index is -3.32. The zero-order valence-corrected chi connectivity index (χ0v) is 13.8. The number of sulfonamides is 1. The zero-order chi connectivity index (χ0) is 15.9. The molecule has 0 saturated heterocycles. The second kappa shape index (κ2) is 8.33. The molecule has 0 aliphatic heterocycles. The van der Waals surface area contributed by atoms with Gasteiger partial charge in [-0.05, 0) is 31.8 Å². The first-order valence-corrected chi connectivity index (χ1v) is 8.31. The van der Waals surface area contributed by atoms with Crippen LogP contribution in [-0.2, 0) is 14.8 Å². The standard InChI is InChI=1S/C14H24N2O4S/c1-16(2)14(11-15-21(17,18)10-9-19-3)12-5-7-13(20-4)8-6-12/h5-8,14-15H,9-11H2,1-4H3. The normalized spacial score (nSPS) is 13.4.